The van der Waals surface area contributed by atoms with Gasteiger partial charge < -0.3 is 15.5 Å². The van der Waals surface area contributed by atoms with Gasteiger partial charge >= 0.3 is 0 Å². The molecule has 4 saturated carbocycles. The van der Waals surface area contributed by atoms with Crippen molar-refractivity contribution < 1.29 is 15.5 Å². The molecule has 7 atom stereocenters. The third-order valence-corrected chi connectivity index (χ3v) is 9.72. The lowest BCUT2D eigenvalue weighted by molar-refractivity contribution is -0.671. The predicted octanol–water partition coefficient (Wildman–Crippen LogP) is 2.71. The molecule has 4 aliphatic rings. The van der Waals surface area contributed by atoms with Crippen molar-refractivity contribution in [3.63, 3.8) is 0 Å². The molecule has 0 aromatic rings. The second-order valence-electron chi connectivity index (χ2n) is 10.4. The molecule has 4 fully saturated rings. The van der Waals surface area contributed by atoms with E-state index in [2.05, 4.69) is 19.2 Å². The predicted molar refractivity (Wildman–Crippen MR) is 100 cm³/mol. The molecule has 0 radical (unpaired) electrons. The summed E-state index contributed by atoms with van der Waals surface area (Å²) in [4.78, 5) is 0. The summed E-state index contributed by atoms with van der Waals surface area (Å²) in [7, 11) is 0. The quantitative estimate of drug-likeness (QED) is 0.683. The number of aliphatic hydroxyl groups excluding tert-OH is 1. The molecule has 0 bridgehead atoms. The Morgan fingerprint density at radius 3 is 2.52 bits per heavy atom. The molecule has 144 valence electrons. The zero-order valence-electron chi connectivity index (χ0n) is 16.5. The summed E-state index contributed by atoms with van der Waals surface area (Å²) >= 11 is 0. The van der Waals surface area contributed by atoms with Crippen LogP contribution in [-0.4, -0.2) is 35.5 Å². The van der Waals surface area contributed by atoms with Gasteiger partial charge in [0, 0.05) is 5.41 Å². The van der Waals surface area contributed by atoms with Crippen molar-refractivity contribution in [2.24, 2.45) is 34.5 Å². The fraction of sp³-hybridized carbons (Fsp3) is 1.00. The molecule has 3 heteroatoms. The van der Waals surface area contributed by atoms with Crippen molar-refractivity contribution in [2.75, 3.05) is 19.7 Å². The van der Waals surface area contributed by atoms with Crippen LogP contribution in [0.5, 0.6) is 0 Å². The molecular weight excluding hydrogens is 310 g/mol. The Balaban J connectivity index is 1.55. The molecule has 0 saturated heterocycles. The first-order valence-electron chi connectivity index (χ1n) is 11.1. The lowest BCUT2D eigenvalue weighted by atomic mass is 9.44. The van der Waals surface area contributed by atoms with Gasteiger partial charge in [-0.05, 0) is 80.5 Å². The van der Waals surface area contributed by atoms with E-state index in [1.165, 1.54) is 57.8 Å². The van der Waals surface area contributed by atoms with E-state index in [0.29, 0.717) is 5.41 Å². The Labute approximate surface area is 154 Å². The van der Waals surface area contributed by atoms with E-state index in [9.17, 15) is 5.11 Å². The first kappa shape index (κ1) is 18.3. The molecule has 4 N–H and O–H groups in total. The highest BCUT2D eigenvalue weighted by molar-refractivity contribution is 5.13. The largest absolute Gasteiger partial charge is 0.391 e. The van der Waals surface area contributed by atoms with E-state index in [1.54, 1.807) is 0 Å². The van der Waals surface area contributed by atoms with Crippen molar-refractivity contribution in [2.45, 2.75) is 83.7 Å². The minimum absolute atomic E-state index is 0.0952. The second kappa shape index (κ2) is 6.49. The van der Waals surface area contributed by atoms with Crippen LogP contribution in [0, 0.1) is 34.5 Å². The van der Waals surface area contributed by atoms with Crippen LogP contribution in [0.4, 0.5) is 0 Å². The maximum Gasteiger partial charge on any atom is 0.119 e. The van der Waals surface area contributed by atoms with Crippen LogP contribution >= 0.6 is 0 Å². The zero-order valence-corrected chi connectivity index (χ0v) is 16.5. The highest BCUT2D eigenvalue weighted by Crippen LogP contribution is 2.67. The lowest BCUT2D eigenvalue weighted by Gasteiger charge is -2.61. The number of nitrogens with two attached hydrogens (primary N) is 1. The van der Waals surface area contributed by atoms with Crippen molar-refractivity contribution in [3.8, 4) is 0 Å². The molecule has 0 unspecified atom stereocenters. The number of aliphatic hydroxyl groups is 2. The molecule has 4 aliphatic carbocycles. The van der Waals surface area contributed by atoms with Crippen LogP contribution in [0.15, 0.2) is 0 Å². The SMILES string of the molecule is C[C@]12CCCC[C@@H]1CC[C@H]1[C@H]3CC[C@@](O)(C[NH2+]CCO)[C@]3(C)CC[C@@H]12. The molecule has 0 heterocycles. The van der Waals surface area contributed by atoms with E-state index in [1.807, 2.05) is 0 Å². The van der Waals surface area contributed by atoms with Gasteiger partial charge in [0.15, 0.2) is 0 Å². The molecule has 4 rings (SSSR count). The maximum atomic E-state index is 11.5. The Morgan fingerprint density at radius 1 is 0.920 bits per heavy atom. The van der Waals surface area contributed by atoms with Crippen LogP contribution in [0.25, 0.3) is 0 Å². The molecule has 3 nitrogen and oxygen atoms in total. The lowest BCUT2D eigenvalue weighted by Crippen LogP contribution is -2.90. The van der Waals surface area contributed by atoms with E-state index in [0.717, 1.165) is 43.2 Å². The molecule has 0 amide bonds. The van der Waals surface area contributed by atoms with Crippen LogP contribution in [0.3, 0.4) is 0 Å². The van der Waals surface area contributed by atoms with Crippen LogP contribution in [-0.2, 0) is 0 Å². The van der Waals surface area contributed by atoms with Gasteiger partial charge in [0.1, 0.15) is 12.1 Å². The average molecular weight is 351 g/mol. The van der Waals surface area contributed by atoms with E-state index in [4.69, 9.17) is 5.11 Å². The molecule has 0 spiro atoms. The third-order valence-electron chi connectivity index (χ3n) is 9.72. The smallest absolute Gasteiger partial charge is 0.119 e. The third kappa shape index (κ3) is 2.63. The maximum absolute atomic E-state index is 11.5. The fourth-order valence-corrected chi connectivity index (χ4v) is 8.17. The number of hydrogen-bond donors (Lipinski definition) is 3. The van der Waals surface area contributed by atoms with Crippen LogP contribution in [0.1, 0.15) is 78.1 Å². The monoisotopic (exact) mass is 350 g/mol. The Bertz CT molecular complexity index is 496. The Morgan fingerprint density at radius 2 is 1.72 bits per heavy atom. The van der Waals surface area contributed by atoms with Gasteiger partial charge in [-0.1, -0.05) is 26.7 Å². The number of quaternary nitrogens is 1. The normalized spacial score (nSPS) is 52.3. The fourth-order valence-electron chi connectivity index (χ4n) is 8.17. The summed E-state index contributed by atoms with van der Waals surface area (Å²) in [5.74, 6) is 3.46. The molecule has 0 aliphatic heterocycles. The van der Waals surface area contributed by atoms with Gasteiger partial charge in [0.25, 0.3) is 0 Å². The zero-order chi connectivity index (χ0) is 17.7. The Hall–Kier alpha value is -0.120. The minimum atomic E-state index is -0.526. The number of rotatable bonds is 4. The summed E-state index contributed by atoms with van der Waals surface area (Å²) in [5, 5.41) is 22.8. The summed E-state index contributed by atoms with van der Waals surface area (Å²) in [6, 6.07) is 0. The van der Waals surface area contributed by atoms with Gasteiger partial charge in [-0.15, -0.1) is 0 Å². The molecule has 0 aromatic carbocycles. The summed E-state index contributed by atoms with van der Waals surface area (Å²) in [6.45, 7) is 6.74. The summed E-state index contributed by atoms with van der Waals surface area (Å²) in [5.41, 5.74) is 0.159. The van der Waals surface area contributed by atoms with Gasteiger partial charge in [-0.25, -0.2) is 0 Å². The molecule has 0 aromatic heterocycles. The van der Waals surface area contributed by atoms with Crippen molar-refractivity contribution in [1.82, 2.24) is 0 Å². The Kier molecular flexibility index (Phi) is 4.74. The van der Waals surface area contributed by atoms with E-state index in [-0.39, 0.29) is 12.0 Å². The summed E-state index contributed by atoms with van der Waals surface area (Å²) < 4.78 is 0. The van der Waals surface area contributed by atoms with Crippen LogP contribution < -0.4 is 5.32 Å². The average Bonchev–Trinajstić information content (AvgIpc) is 2.86. The van der Waals surface area contributed by atoms with Crippen molar-refractivity contribution in [1.29, 1.82) is 0 Å². The highest BCUT2D eigenvalue weighted by Gasteiger charge is 2.64. The second-order valence-corrected chi connectivity index (χ2v) is 10.4. The molecular formula is C22H40NO2+. The van der Waals surface area contributed by atoms with E-state index < -0.39 is 5.60 Å². The topological polar surface area (TPSA) is 57.1 Å². The van der Waals surface area contributed by atoms with Crippen molar-refractivity contribution >= 4 is 0 Å². The van der Waals surface area contributed by atoms with Crippen molar-refractivity contribution in [3.05, 3.63) is 0 Å². The van der Waals surface area contributed by atoms with Gasteiger partial charge in [-0.2, -0.15) is 0 Å². The van der Waals surface area contributed by atoms with E-state index >= 15 is 0 Å². The van der Waals surface area contributed by atoms with Crippen LogP contribution in [0.2, 0.25) is 0 Å². The standard InChI is InChI=1S/C22H39NO2/c1-20-10-4-3-5-16(20)6-7-17-18(20)8-11-21(2)19(17)9-12-22(21,25)15-23-13-14-24/h16-19,23-25H,3-15H2,1-2H3/p+1/t16-,17-,18+,19-,20+,21-,22-/m1/s1. The van der Waals surface area contributed by atoms with Gasteiger partial charge in [-0.3, -0.25) is 0 Å². The van der Waals surface area contributed by atoms with Gasteiger partial charge in [0.2, 0.25) is 0 Å². The first-order valence-corrected chi connectivity index (χ1v) is 11.1. The summed E-state index contributed by atoms with van der Waals surface area (Å²) in [6.07, 6.45) is 13.4. The highest BCUT2D eigenvalue weighted by atomic mass is 16.3. The first-order chi connectivity index (χ1) is 11.9. The number of hydrogen-bond acceptors (Lipinski definition) is 2. The number of fused-ring (bicyclic) bond motifs is 5. The van der Waals surface area contributed by atoms with Gasteiger partial charge in [0.05, 0.1) is 13.2 Å². The molecule has 25 heavy (non-hydrogen) atoms. The minimum Gasteiger partial charge on any atom is -0.391 e.